The van der Waals surface area contributed by atoms with Crippen molar-refractivity contribution in [2.75, 3.05) is 13.7 Å². The molecule has 1 rings (SSSR count). The summed E-state index contributed by atoms with van der Waals surface area (Å²) in [6.45, 7) is 5.92. The first-order valence-corrected chi connectivity index (χ1v) is 5.05. The van der Waals surface area contributed by atoms with Crippen molar-refractivity contribution in [3.8, 4) is 5.88 Å². The largest absolute Gasteiger partial charge is 0.481 e. The number of methoxy groups -OCH3 is 1. The molecule has 0 aliphatic rings. The second-order valence-corrected chi connectivity index (χ2v) is 3.62. The third-order valence-electron chi connectivity index (χ3n) is 1.99. The Morgan fingerprint density at radius 1 is 1.47 bits per heavy atom. The number of hydrogen-bond acceptors (Lipinski definition) is 3. The Labute approximate surface area is 91.2 Å². The Morgan fingerprint density at radius 2 is 2.27 bits per heavy atom. The Morgan fingerprint density at radius 3 is 2.80 bits per heavy atom. The van der Waals surface area contributed by atoms with Gasteiger partial charge in [0.15, 0.2) is 0 Å². The lowest BCUT2D eigenvalue weighted by Gasteiger charge is -2.03. The van der Waals surface area contributed by atoms with Crippen LogP contribution in [0.4, 0.5) is 0 Å². The highest BCUT2D eigenvalue weighted by molar-refractivity contribution is 5.17. The third-order valence-corrected chi connectivity index (χ3v) is 1.99. The van der Waals surface area contributed by atoms with Crippen molar-refractivity contribution in [1.82, 2.24) is 10.3 Å². The van der Waals surface area contributed by atoms with E-state index < -0.39 is 0 Å². The van der Waals surface area contributed by atoms with Crippen molar-refractivity contribution in [2.45, 2.75) is 20.4 Å². The van der Waals surface area contributed by atoms with E-state index in [1.54, 1.807) is 7.11 Å². The van der Waals surface area contributed by atoms with Crippen LogP contribution >= 0.6 is 0 Å². The highest BCUT2D eigenvalue weighted by Crippen LogP contribution is 2.05. The average Bonchev–Trinajstić information content (AvgIpc) is 2.25. The van der Waals surface area contributed by atoms with E-state index in [9.17, 15) is 0 Å². The summed E-state index contributed by atoms with van der Waals surface area (Å²) < 4.78 is 4.99. The zero-order valence-corrected chi connectivity index (χ0v) is 9.58. The van der Waals surface area contributed by atoms with Gasteiger partial charge in [-0.25, -0.2) is 4.98 Å². The van der Waals surface area contributed by atoms with Crippen molar-refractivity contribution >= 4 is 0 Å². The van der Waals surface area contributed by atoms with Crippen molar-refractivity contribution < 1.29 is 4.74 Å². The predicted molar refractivity (Wildman–Crippen MR) is 61.9 cm³/mol. The Bertz CT molecular complexity index is 313. The number of hydrogen-bond donors (Lipinski definition) is 1. The minimum absolute atomic E-state index is 0.656. The van der Waals surface area contributed by atoms with Gasteiger partial charge >= 0.3 is 0 Å². The third kappa shape index (κ3) is 4.61. The zero-order chi connectivity index (χ0) is 11.1. The van der Waals surface area contributed by atoms with Gasteiger partial charge in [-0.15, -0.1) is 0 Å². The molecule has 3 nitrogen and oxygen atoms in total. The van der Waals surface area contributed by atoms with Crippen LogP contribution in [-0.2, 0) is 6.54 Å². The topological polar surface area (TPSA) is 34.1 Å². The Balaban J connectivity index is 2.35. The van der Waals surface area contributed by atoms with Gasteiger partial charge in [0, 0.05) is 25.4 Å². The zero-order valence-electron chi connectivity index (χ0n) is 9.58. The molecule has 0 spiro atoms. The molecule has 0 radical (unpaired) electrons. The smallest absolute Gasteiger partial charge is 0.212 e. The molecule has 3 heteroatoms. The summed E-state index contributed by atoms with van der Waals surface area (Å²) in [6.07, 6.45) is 3.99. The molecule has 0 aromatic carbocycles. The average molecular weight is 206 g/mol. The van der Waals surface area contributed by atoms with Crippen molar-refractivity contribution in [2.24, 2.45) is 0 Å². The van der Waals surface area contributed by atoms with Crippen molar-refractivity contribution in [1.29, 1.82) is 0 Å². The van der Waals surface area contributed by atoms with E-state index in [-0.39, 0.29) is 0 Å². The fourth-order valence-corrected chi connectivity index (χ4v) is 1.13. The first-order valence-electron chi connectivity index (χ1n) is 5.05. The predicted octanol–water partition coefficient (Wildman–Crippen LogP) is 2.15. The minimum Gasteiger partial charge on any atom is -0.481 e. The number of pyridine rings is 1. The van der Waals surface area contributed by atoms with Crippen LogP contribution in [0.2, 0.25) is 0 Å². The number of ether oxygens (including phenoxy) is 1. The molecule has 0 unspecified atom stereocenters. The number of aromatic nitrogens is 1. The summed E-state index contributed by atoms with van der Waals surface area (Å²) in [6, 6.07) is 3.89. The van der Waals surface area contributed by atoms with Crippen LogP contribution in [0.5, 0.6) is 5.88 Å². The van der Waals surface area contributed by atoms with E-state index in [0.717, 1.165) is 18.7 Å². The molecule has 0 fully saturated rings. The van der Waals surface area contributed by atoms with Gasteiger partial charge in [-0.05, 0) is 19.4 Å². The molecule has 82 valence electrons. The summed E-state index contributed by atoms with van der Waals surface area (Å²) >= 11 is 0. The molecule has 0 saturated carbocycles. The molecule has 1 aromatic heterocycles. The highest BCUT2D eigenvalue weighted by atomic mass is 16.5. The fraction of sp³-hybridized carbons (Fsp3) is 0.417. The first kappa shape index (κ1) is 11.7. The van der Waals surface area contributed by atoms with E-state index in [4.69, 9.17) is 4.74 Å². The Kier molecular flexibility index (Phi) is 4.84. The van der Waals surface area contributed by atoms with Gasteiger partial charge in [-0.1, -0.05) is 17.7 Å². The van der Waals surface area contributed by atoms with Crippen LogP contribution in [0.3, 0.4) is 0 Å². The van der Waals surface area contributed by atoms with Gasteiger partial charge in [-0.2, -0.15) is 0 Å². The normalized spacial score (nSPS) is 9.80. The van der Waals surface area contributed by atoms with Gasteiger partial charge in [0.2, 0.25) is 5.88 Å². The Hall–Kier alpha value is -1.35. The van der Waals surface area contributed by atoms with Crippen LogP contribution in [0.1, 0.15) is 19.4 Å². The molecule has 0 bridgehead atoms. The van der Waals surface area contributed by atoms with Crippen LogP contribution < -0.4 is 10.1 Å². The van der Waals surface area contributed by atoms with Crippen molar-refractivity contribution in [3.63, 3.8) is 0 Å². The van der Waals surface area contributed by atoms with Gasteiger partial charge in [0.1, 0.15) is 0 Å². The molecule has 0 saturated heterocycles. The van der Waals surface area contributed by atoms with Crippen LogP contribution in [-0.4, -0.2) is 18.6 Å². The molecule has 15 heavy (non-hydrogen) atoms. The summed E-state index contributed by atoms with van der Waals surface area (Å²) in [5, 5.41) is 3.31. The van der Waals surface area contributed by atoms with E-state index in [2.05, 4.69) is 30.2 Å². The van der Waals surface area contributed by atoms with Crippen LogP contribution in [0.25, 0.3) is 0 Å². The minimum atomic E-state index is 0.656. The maximum Gasteiger partial charge on any atom is 0.212 e. The number of nitrogens with zero attached hydrogens (tertiary/aromatic N) is 1. The molecule has 1 heterocycles. The molecule has 0 aliphatic heterocycles. The lowest BCUT2D eigenvalue weighted by atomic mass is 10.3. The number of allylic oxidation sites excluding steroid dienone is 1. The maximum atomic E-state index is 4.99. The second kappa shape index (κ2) is 6.19. The lowest BCUT2D eigenvalue weighted by molar-refractivity contribution is 0.397. The first-order chi connectivity index (χ1) is 7.22. The summed E-state index contributed by atoms with van der Waals surface area (Å²) in [5.74, 6) is 0.656. The number of nitrogens with one attached hydrogen (secondary N) is 1. The van der Waals surface area contributed by atoms with E-state index in [1.807, 2.05) is 18.3 Å². The highest BCUT2D eigenvalue weighted by Gasteiger charge is 1.94. The lowest BCUT2D eigenvalue weighted by Crippen LogP contribution is -2.13. The van der Waals surface area contributed by atoms with Gasteiger partial charge < -0.3 is 10.1 Å². The molecular formula is C12H18N2O. The van der Waals surface area contributed by atoms with Gasteiger partial charge in [0.05, 0.1) is 7.11 Å². The fourth-order valence-electron chi connectivity index (χ4n) is 1.13. The monoisotopic (exact) mass is 206 g/mol. The quantitative estimate of drug-likeness (QED) is 0.592. The molecule has 1 N–H and O–H groups in total. The molecular weight excluding hydrogens is 188 g/mol. The van der Waals surface area contributed by atoms with Crippen LogP contribution in [0, 0.1) is 0 Å². The molecule has 0 atom stereocenters. The van der Waals surface area contributed by atoms with E-state index in [1.165, 1.54) is 5.57 Å². The van der Waals surface area contributed by atoms with E-state index >= 15 is 0 Å². The molecule has 1 aromatic rings. The summed E-state index contributed by atoms with van der Waals surface area (Å²) in [4.78, 5) is 4.13. The maximum absolute atomic E-state index is 4.99. The van der Waals surface area contributed by atoms with E-state index in [0.29, 0.717) is 5.88 Å². The van der Waals surface area contributed by atoms with Crippen molar-refractivity contribution in [3.05, 3.63) is 35.5 Å². The summed E-state index contributed by atoms with van der Waals surface area (Å²) in [7, 11) is 1.62. The SMILES string of the molecule is COc1ccc(CNCC=C(C)C)cn1. The van der Waals surface area contributed by atoms with Gasteiger partial charge in [0.25, 0.3) is 0 Å². The van der Waals surface area contributed by atoms with Gasteiger partial charge in [-0.3, -0.25) is 0 Å². The number of rotatable bonds is 5. The molecule has 0 aliphatic carbocycles. The standard InChI is InChI=1S/C12H18N2O/c1-10(2)6-7-13-8-11-4-5-12(15-3)14-9-11/h4-6,9,13H,7-8H2,1-3H3. The second-order valence-electron chi connectivity index (χ2n) is 3.62. The van der Waals surface area contributed by atoms with Crippen LogP contribution in [0.15, 0.2) is 30.0 Å². The molecule has 0 amide bonds. The summed E-state index contributed by atoms with van der Waals surface area (Å²) in [5.41, 5.74) is 2.49.